The number of thioether (sulfide) groups is 1. The van der Waals surface area contributed by atoms with Crippen LogP contribution in [0.5, 0.6) is 0 Å². The third kappa shape index (κ3) is 4.09. The van der Waals surface area contributed by atoms with E-state index in [0.717, 1.165) is 47.4 Å². The highest BCUT2D eigenvalue weighted by molar-refractivity contribution is 7.99. The van der Waals surface area contributed by atoms with Gasteiger partial charge in [0, 0.05) is 23.3 Å². The van der Waals surface area contributed by atoms with Crippen molar-refractivity contribution in [3.63, 3.8) is 0 Å². The Kier molecular flexibility index (Phi) is 6.46. The van der Waals surface area contributed by atoms with Crippen LogP contribution in [0.4, 0.5) is 5.69 Å². The topological polar surface area (TPSA) is 69.9 Å². The Hall–Kier alpha value is -2.93. The molecule has 0 unspecified atom stereocenters. The van der Waals surface area contributed by atoms with E-state index in [1.54, 1.807) is 28.3 Å². The maximum Gasteiger partial charge on any atom is 0.325 e. The number of rotatable bonds is 6. The quantitative estimate of drug-likeness (QED) is 0.341. The van der Waals surface area contributed by atoms with Crippen LogP contribution in [0.15, 0.2) is 52.4 Å². The van der Waals surface area contributed by atoms with Crippen LogP contribution < -0.4 is 15.1 Å². The minimum Gasteiger partial charge on any atom is -0.291 e. The average Bonchev–Trinajstić information content (AvgIpc) is 2.77. The lowest BCUT2D eigenvalue weighted by atomic mass is 9.97. The zero-order valence-electron chi connectivity index (χ0n) is 19.0. The highest BCUT2D eigenvalue weighted by atomic mass is 32.2. The first kappa shape index (κ1) is 22.3. The molecule has 0 fully saturated rings. The molecule has 1 atom stereocenters. The Balaban J connectivity index is 1.95. The molecule has 3 aromatic rings. The summed E-state index contributed by atoms with van der Waals surface area (Å²) < 4.78 is 1.74. The molecule has 1 amide bonds. The number of aryl methyl sites for hydroxylation is 2. The Morgan fingerprint density at radius 2 is 1.97 bits per heavy atom. The molecule has 1 aliphatic heterocycles. The minimum absolute atomic E-state index is 0.0965. The normalized spacial score (nSPS) is 14.8. The van der Waals surface area contributed by atoms with Crippen molar-refractivity contribution in [1.82, 2.24) is 10.1 Å². The van der Waals surface area contributed by atoms with Crippen molar-refractivity contribution >= 4 is 23.4 Å². The number of para-hydroxylation sites is 1. The molecule has 2 aromatic carbocycles. The molecule has 7 heteroatoms. The fourth-order valence-corrected chi connectivity index (χ4v) is 5.07. The number of anilines is 1. The summed E-state index contributed by atoms with van der Waals surface area (Å²) in [5.41, 5.74) is 4.81. The Morgan fingerprint density at radius 1 is 1.19 bits per heavy atom. The summed E-state index contributed by atoms with van der Waals surface area (Å²) in [6.45, 7) is 7.79. The molecule has 0 aliphatic carbocycles. The van der Waals surface area contributed by atoms with Crippen molar-refractivity contribution in [3.05, 3.63) is 69.5 Å². The lowest BCUT2D eigenvalue weighted by Gasteiger charge is -2.32. The van der Waals surface area contributed by atoms with Gasteiger partial charge in [0.2, 0.25) is 11.1 Å². The van der Waals surface area contributed by atoms with Crippen molar-refractivity contribution in [3.8, 4) is 11.3 Å². The Bertz CT molecular complexity index is 1220. The fraction of sp³-hybridized carbons (Fsp3) is 0.360. The molecule has 2 heterocycles. The van der Waals surface area contributed by atoms with Crippen molar-refractivity contribution in [2.24, 2.45) is 0 Å². The van der Waals surface area contributed by atoms with Crippen LogP contribution in [0.2, 0.25) is 0 Å². The zero-order valence-corrected chi connectivity index (χ0v) is 19.8. The van der Waals surface area contributed by atoms with Gasteiger partial charge in [-0.1, -0.05) is 61.4 Å². The average molecular weight is 450 g/mol. The van der Waals surface area contributed by atoms with Gasteiger partial charge < -0.3 is 0 Å². The largest absolute Gasteiger partial charge is 0.325 e. The number of H-pyrrole nitrogens is 1. The number of unbranched alkanes of at least 4 members (excludes halogenated alkanes) is 2. The molecule has 1 aliphatic rings. The van der Waals surface area contributed by atoms with Gasteiger partial charge in [0.15, 0.2) is 0 Å². The predicted molar refractivity (Wildman–Crippen MR) is 128 cm³/mol. The first-order valence-electron chi connectivity index (χ1n) is 11.1. The molecule has 32 heavy (non-hydrogen) atoms. The predicted octanol–water partition coefficient (Wildman–Crippen LogP) is 4.54. The molecule has 0 spiro atoms. The van der Waals surface area contributed by atoms with Gasteiger partial charge in [0.1, 0.15) is 0 Å². The summed E-state index contributed by atoms with van der Waals surface area (Å²) in [5, 5.41) is 5.44. The van der Waals surface area contributed by atoms with Gasteiger partial charge in [0.25, 0.3) is 6.17 Å². The number of carbonyl (C=O) groups excluding carboxylic acids is 1. The van der Waals surface area contributed by atoms with E-state index in [0.29, 0.717) is 16.4 Å². The van der Waals surface area contributed by atoms with Gasteiger partial charge >= 0.3 is 11.3 Å². The van der Waals surface area contributed by atoms with Crippen molar-refractivity contribution in [2.75, 3.05) is 10.7 Å². The minimum atomic E-state index is -0.533. The van der Waals surface area contributed by atoms with Crippen molar-refractivity contribution in [2.45, 2.75) is 58.3 Å². The highest BCUT2D eigenvalue weighted by Gasteiger charge is 2.45. The SMILES string of the molecule is CCCCCSc1n[n+]2c(c(=O)[nH]1)-c1ccccc1N(C(C)=O)[C@H]2c1cc(C)ccc1C. The summed E-state index contributed by atoms with van der Waals surface area (Å²) in [7, 11) is 0. The van der Waals surface area contributed by atoms with E-state index in [-0.39, 0.29) is 11.5 Å². The summed E-state index contributed by atoms with van der Waals surface area (Å²) in [5.74, 6) is 0.790. The third-order valence-electron chi connectivity index (χ3n) is 5.80. The zero-order chi connectivity index (χ0) is 22.8. The molecule has 4 rings (SSSR count). The first-order chi connectivity index (χ1) is 15.4. The number of fused-ring (bicyclic) bond motifs is 3. The summed E-state index contributed by atoms with van der Waals surface area (Å²) >= 11 is 1.55. The van der Waals surface area contributed by atoms with Crippen LogP contribution in [0.3, 0.4) is 0 Å². The number of benzene rings is 2. The molecule has 0 saturated heterocycles. The number of amides is 1. The molecule has 1 N–H and O–H groups in total. The number of carbonyl (C=O) groups is 1. The molecule has 6 nitrogen and oxygen atoms in total. The van der Waals surface area contributed by atoms with Crippen LogP contribution in [0.1, 0.15) is 56.0 Å². The van der Waals surface area contributed by atoms with Gasteiger partial charge in [-0.15, -0.1) is 0 Å². The van der Waals surface area contributed by atoms with Gasteiger partial charge in [-0.05, 0) is 48.7 Å². The van der Waals surface area contributed by atoms with Gasteiger partial charge in [-0.25, -0.2) is 4.90 Å². The molecular weight excluding hydrogens is 420 g/mol. The van der Waals surface area contributed by atoms with Gasteiger partial charge in [0.05, 0.1) is 11.3 Å². The van der Waals surface area contributed by atoms with Gasteiger partial charge in [-0.3, -0.25) is 14.6 Å². The van der Waals surface area contributed by atoms with E-state index in [1.807, 2.05) is 38.1 Å². The number of aromatic nitrogens is 3. The molecular formula is C25H29N4O2S+. The second kappa shape index (κ2) is 9.28. The van der Waals surface area contributed by atoms with Crippen LogP contribution in [-0.4, -0.2) is 21.7 Å². The van der Waals surface area contributed by atoms with Crippen LogP contribution >= 0.6 is 11.8 Å². The second-order valence-corrected chi connectivity index (χ2v) is 9.33. The fourth-order valence-electron chi connectivity index (χ4n) is 4.22. The van der Waals surface area contributed by atoms with E-state index in [1.165, 1.54) is 0 Å². The molecule has 0 radical (unpaired) electrons. The number of hydrogen-bond donors (Lipinski definition) is 1. The standard InChI is InChI=1S/C25H28N4O2S/c1-5-6-9-14-32-25-26-23(31)22-19-10-7-8-11-21(19)28(18(4)30)24(29(22)27-25)20-15-16(2)12-13-17(20)3/h7-8,10-13,15,24H,5-6,9,14H2,1-4H3/p+1/t24-/m1/s1. The van der Waals surface area contributed by atoms with E-state index >= 15 is 0 Å². The summed E-state index contributed by atoms with van der Waals surface area (Å²) in [6, 6.07) is 13.7. The van der Waals surface area contributed by atoms with E-state index in [4.69, 9.17) is 5.10 Å². The summed E-state index contributed by atoms with van der Waals surface area (Å²) in [6.07, 6.45) is 2.82. The number of aromatic amines is 1. The highest BCUT2D eigenvalue weighted by Crippen LogP contribution is 2.38. The first-order valence-corrected chi connectivity index (χ1v) is 12.1. The molecule has 1 aromatic heterocycles. The number of nitrogens with one attached hydrogen (secondary N) is 1. The maximum absolute atomic E-state index is 13.3. The summed E-state index contributed by atoms with van der Waals surface area (Å²) in [4.78, 5) is 31.0. The van der Waals surface area contributed by atoms with Crippen molar-refractivity contribution < 1.29 is 9.48 Å². The maximum atomic E-state index is 13.3. The Morgan fingerprint density at radius 3 is 2.72 bits per heavy atom. The van der Waals surface area contributed by atoms with Crippen LogP contribution in [-0.2, 0) is 4.79 Å². The van der Waals surface area contributed by atoms with Gasteiger partial charge in [-0.2, -0.15) is 0 Å². The van der Waals surface area contributed by atoms with Crippen molar-refractivity contribution in [1.29, 1.82) is 0 Å². The Labute approximate surface area is 192 Å². The number of hydrogen-bond acceptors (Lipinski definition) is 4. The van der Waals surface area contributed by atoms with Crippen LogP contribution in [0, 0.1) is 13.8 Å². The smallest absolute Gasteiger partial charge is 0.291 e. The third-order valence-corrected chi connectivity index (χ3v) is 6.75. The lowest BCUT2D eigenvalue weighted by molar-refractivity contribution is -0.763. The molecule has 166 valence electrons. The monoisotopic (exact) mass is 449 g/mol. The lowest BCUT2D eigenvalue weighted by Crippen LogP contribution is -2.60. The molecule has 0 saturated carbocycles. The number of nitrogens with zero attached hydrogens (tertiary/aromatic N) is 3. The van der Waals surface area contributed by atoms with Crippen LogP contribution in [0.25, 0.3) is 11.3 Å². The van der Waals surface area contributed by atoms with E-state index in [2.05, 4.69) is 30.1 Å². The second-order valence-electron chi connectivity index (χ2n) is 8.25. The van der Waals surface area contributed by atoms with E-state index in [9.17, 15) is 9.59 Å². The van der Waals surface area contributed by atoms with E-state index < -0.39 is 6.17 Å². The molecule has 0 bridgehead atoms.